The van der Waals surface area contributed by atoms with Crippen LogP contribution in [0.5, 0.6) is 0 Å². The molecule has 0 atom stereocenters. The molecule has 0 amide bonds. The summed E-state index contributed by atoms with van der Waals surface area (Å²) in [5, 5.41) is 1.15. The zero-order valence-electron chi connectivity index (χ0n) is 8.03. The van der Waals surface area contributed by atoms with Crippen molar-refractivity contribution in [3.05, 3.63) is 24.0 Å². The SMILES string of the molecule is CC(C)(C)c1cnc2sncc2c1. The molecule has 0 bridgehead atoms. The molecular formula is C10H12N2S. The van der Waals surface area contributed by atoms with E-state index in [1.165, 1.54) is 17.1 Å². The summed E-state index contributed by atoms with van der Waals surface area (Å²) >= 11 is 1.45. The third-order valence-electron chi connectivity index (χ3n) is 2.08. The zero-order valence-corrected chi connectivity index (χ0v) is 8.85. The summed E-state index contributed by atoms with van der Waals surface area (Å²) in [6, 6.07) is 2.17. The summed E-state index contributed by atoms with van der Waals surface area (Å²) < 4.78 is 4.10. The molecule has 0 spiro atoms. The molecule has 0 aliphatic rings. The molecule has 0 fully saturated rings. The van der Waals surface area contributed by atoms with Gasteiger partial charge in [-0.05, 0) is 28.6 Å². The number of fused-ring (bicyclic) bond motifs is 1. The summed E-state index contributed by atoms with van der Waals surface area (Å²) in [5.74, 6) is 0. The van der Waals surface area contributed by atoms with Gasteiger partial charge in [-0.15, -0.1) is 0 Å². The summed E-state index contributed by atoms with van der Waals surface area (Å²) in [6.45, 7) is 6.57. The van der Waals surface area contributed by atoms with Crippen molar-refractivity contribution in [2.45, 2.75) is 26.2 Å². The molecule has 0 radical (unpaired) electrons. The van der Waals surface area contributed by atoms with E-state index >= 15 is 0 Å². The van der Waals surface area contributed by atoms with Gasteiger partial charge in [0.15, 0.2) is 0 Å². The number of rotatable bonds is 0. The van der Waals surface area contributed by atoms with Crippen LogP contribution in [0.3, 0.4) is 0 Å². The van der Waals surface area contributed by atoms with Crippen LogP contribution in [-0.4, -0.2) is 9.36 Å². The van der Waals surface area contributed by atoms with E-state index in [1.807, 2.05) is 12.4 Å². The molecule has 0 saturated carbocycles. The molecule has 3 heteroatoms. The van der Waals surface area contributed by atoms with Gasteiger partial charge < -0.3 is 0 Å². The van der Waals surface area contributed by atoms with Crippen LogP contribution in [0.4, 0.5) is 0 Å². The molecular weight excluding hydrogens is 180 g/mol. The van der Waals surface area contributed by atoms with Gasteiger partial charge in [-0.25, -0.2) is 4.98 Å². The van der Waals surface area contributed by atoms with Crippen LogP contribution in [0.1, 0.15) is 26.3 Å². The highest BCUT2D eigenvalue weighted by molar-refractivity contribution is 7.12. The van der Waals surface area contributed by atoms with E-state index in [0.717, 1.165) is 10.2 Å². The smallest absolute Gasteiger partial charge is 0.143 e. The Balaban J connectivity index is 2.61. The minimum absolute atomic E-state index is 0.170. The van der Waals surface area contributed by atoms with Crippen molar-refractivity contribution in [1.29, 1.82) is 0 Å². The summed E-state index contributed by atoms with van der Waals surface area (Å²) in [4.78, 5) is 5.38. The van der Waals surface area contributed by atoms with Crippen LogP contribution in [0, 0.1) is 0 Å². The first-order valence-corrected chi connectivity index (χ1v) is 5.05. The maximum Gasteiger partial charge on any atom is 0.143 e. The van der Waals surface area contributed by atoms with Gasteiger partial charge in [0.05, 0.1) is 6.20 Å². The molecule has 2 aromatic rings. The summed E-state index contributed by atoms with van der Waals surface area (Å²) in [7, 11) is 0. The Kier molecular flexibility index (Phi) is 1.84. The Bertz CT molecular complexity index is 426. The average Bonchev–Trinajstić information content (AvgIpc) is 2.47. The molecule has 2 aromatic heterocycles. The number of nitrogens with zero attached hydrogens (tertiary/aromatic N) is 2. The standard InChI is InChI=1S/C10H12N2S/c1-10(2,3)8-4-7-5-12-13-9(7)11-6-8/h4-6H,1-3H3. The third-order valence-corrected chi connectivity index (χ3v) is 2.80. The Morgan fingerprint density at radius 3 is 2.69 bits per heavy atom. The summed E-state index contributed by atoms with van der Waals surface area (Å²) in [6.07, 6.45) is 3.82. The van der Waals surface area contributed by atoms with Crippen molar-refractivity contribution < 1.29 is 0 Å². The first kappa shape index (κ1) is 8.63. The van der Waals surface area contributed by atoms with Gasteiger partial charge in [0.2, 0.25) is 0 Å². The van der Waals surface area contributed by atoms with Crippen LogP contribution in [0.2, 0.25) is 0 Å². The fourth-order valence-corrected chi connectivity index (χ4v) is 1.76. The largest absolute Gasteiger partial charge is 0.243 e. The molecule has 0 aliphatic carbocycles. The fraction of sp³-hybridized carbons (Fsp3) is 0.400. The second-order valence-electron chi connectivity index (χ2n) is 4.19. The lowest BCUT2D eigenvalue weighted by atomic mass is 9.88. The maximum absolute atomic E-state index is 4.36. The topological polar surface area (TPSA) is 25.8 Å². The van der Waals surface area contributed by atoms with Gasteiger partial charge in [-0.1, -0.05) is 20.8 Å². The second kappa shape index (κ2) is 2.77. The summed E-state index contributed by atoms with van der Waals surface area (Å²) in [5.41, 5.74) is 1.43. The number of pyridine rings is 1. The number of hydrogen-bond donors (Lipinski definition) is 0. The predicted molar refractivity (Wildman–Crippen MR) is 56.1 cm³/mol. The zero-order chi connectivity index (χ0) is 9.47. The van der Waals surface area contributed by atoms with Crippen LogP contribution in [0.15, 0.2) is 18.5 Å². The molecule has 68 valence electrons. The first-order chi connectivity index (χ1) is 6.07. The van der Waals surface area contributed by atoms with Crippen molar-refractivity contribution in [2.24, 2.45) is 0 Å². The minimum Gasteiger partial charge on any atom is -0.243 e. The Morgan fingerprint density at radius 1 is 1.23 bits per heavy atom. The van der Waals surface area contributed by atoms with Crippen LogP contribution < -0.4 is 0 Å². The lowest BCUT2D eigenvalue weighted by Gasteiger charge is -2.17. The van der Waals surface area contributed by atoms with Crippen LogP contribution in [-0.2, 0) is 5.41 Å². The lowest BCUT2D eigenvalue weighted by Crippen LogP contribution is -2.10. The molecule has 2 rings (SSSR count). The van der Waals surface area contributed by atoms with Crippen LogP contribution in [0.25, 0.3) is 10.2 Å². The molecule has 0 aliphatic heterocycles. The quantitative estimate of drug-likeness (QED) is 0.641. The maximum atomic E-state index is 4.36. The first-order valence-electron chi connectivity index (χ1n) is 4.28. The number of hydrogen-bond acceptors (Lipinski definition) is 3. The van der Waals surface area contributed by atoms with E-state index < -0.39 is 0 Å². The normalized spacial score (nSPS) is 12.2. The van der Waals surface area contributed by atoms with Gasteiger partial charge in [0.25, 0.3) is 0 Å². The van der Waals surface area contributed by atoms with E-state index in [0.29, 0.717) is 0 Å². The van der Waals surface area contributed by atoms with Crippen molar-refractivity contribution in [2.75, 3.05) is 0 Å². The van der Waals surface area contributed by atoms with E-state index in [4.69, 9.17) is 0 Å². The molecule has 2 nitrogen and oxygen atoms in total. The highest BCUT2D eigenvalue weighted by Crippen LogP contribution is 2.25. The average molecular weight is 192 g/mol. The van der Waals surface area contributed by atoms with Gasteiger partial charge in [0, 0.05) is 11.6 Å². The van der Waals surface area contributed by atoms with E-state index in [2.05, 4.69) is 36.2 Å². The van der Waals surface area contributed by atoms with E-state index in [-0.39, 0.29) is 5.41 Å². The third kappa shape index (κ3) is 1.56. The Morgan fingerprint density at radius 2 is 2.00 bits per heavy atom. The predicted octanol–water partition coefficient (Wildman–Crippen LogP) is 2.99. The van der Waals surface area contributed by atoms with E-state index in [1.54, 1.807) is 0 Å². The molecule has 0 N–H and O–H groups in total. The van der Waals surface area contributed by atoms with Crippen LogP contribution >= 0.6 is 11.5 Å². The molecule has 0 aromatic carbocycles. The van der Waals surface area contributed by atoms with Crippen molar-refractivity contribution in [1.82, 2.24) is 9.36 Å². The highest BCUT2D eigenvalue weighted by Gasteiger charge is 2.14. The number of aromatic nitrogens is 2. The van der Waals surface area contributed by atoms with Gasteiger partial charge in [0.1, 0.15) is 4.83 Å². The molecule has 13 heavy (non-hydrogen) atoms. The van der Waals surface area contributed by atoms with Gasteiger partial charge in [-0.2, -0.15) is 4.37 Å². The van der Waals surface area contributed by atoms with E-state index in [9.17, 15) is 0 Å². The van der Waals surface area contributed by atoms with Gasteiger partial charge in [-0.3, -0.25) is 0 Å². The molecule has 0 unspecified atom stereocenters. The Labute approximate surface area is 81.8 Å². The highest BCUT2D eigenvalue weighted by atomic mass is 32.1. The van der Waals surface area contributed by atoms with Gasteiger partial charge >= 0.3 is 0 Å². The van der Waals surface area contributed by atoms with Crippen molar-refractivity contribution in [3.8, 4) is 0 Å². The monoisotopic (exact) mass is 192 g/mol. The fourth-order valence-electron chi connectivity index (χ4n) is 1.18. The second-order valence-corrected chi connectivity index (χ2v) is 4.97. The van der Waals surface area contributed by atoms with Crippen molar-refractivity contribution in [3.63, 3.8) is 0 Å². The molecule has 2 heterocycles. The minimum atomic E-state index is 0.170. The Hall–Kier alpha value is -0.960. The van der Waals surface area contributed by atoms with Crippen molar-refractivity contribution >= 4 is 21.7 Å². The molecule has 0 saturated heterocycles. The lowest BCUT2D eigenvalue weighted by molar-refractivity contribution is 0.589.